The summed E-state index contributed by atoms with van der Waals surface area (Å²) in [6.45, 7) is 0.505. The predicted molar refractivity (Wildman–Crippen MR) is 107 cm³/mol. The second-order valence-electron chi connectivity index (χ2n) is 6.51. The van der Waals surface area contributed by atoms with Gasteiger partial charge in [0.2, 0.25) is 0 Å². The summed E-state index contributed by atoms with van der Waals surface area (Å²) in [7, 11) is 1.28. The van der Waals surface area contributed by atoms with Gasteiger partial charge >= 0.3 is 12.0 Å². The standard InChI is InChI=1S/C20H18ClN5O3/c1-29-19(27)14-10-13(2-3-15(14)21)25-20(28)26-9-6-16-17(24-11-23-16)18(26)12-4-7-22-8-5-12/h2-5,7-8,10-11,18H,6,9H2,1H3,(H,23,24)(H,25,28)/t18-/m0/s1. The molecule has 8 nitrogen and oxygen atoms in total. The van der Waals surface area contributed by atoms with E-state index >= 15 is 0 Å². The van der Waals surface area contributed by atoms with Crippen molar-refractivity contribution in [3.05, 3.63) is 76.6 Å². The van der Waals surface area contributed by atoms with Crippen molar-refractivity contribution in [2.45, 2.75) is 12.5 Å². The number of nitrogens with one attached hydrogen (secondary N) is 2. The van der Waals surface area contributed by atoms with Crippen LogP contribution >= 0.6 is 11.6 Å². The first-order valence-corrected chi connectivity index (χ1v) is 9.34. The third-order valence-corrected chi connectivity index (χ3v) is 5.16. The largest absolute Gasteiger partial charge is 0.465 e. The third-order valence-electron chi connectivity index (χ3n) is 4.83. The van der Waals surface area contributed by atoms with Gasteiger partial charge in [-0.2, -0.15) is 0 Å². The molecule has 0 fully saturated rings. The molecule has 0 bridgehead atoms. The van der Waals surface area contributed by atoms with Gasteiger partial charge < -0.3 is 19.9 Å². The second kappa shape index (κ2) is 7.92. The molecular weight excluding hydrogens is 394 g/mol. The van der Waals surface area contributed by atoms with Gasteiger partial charge in [-0.15, -0.1) is 0 Å². The number of pyridine rings is 1. The molecule has 2 amide bonds. The summed E-state index contributed by atoms with van der Waals surface area (Å²) in [5.41, 5.74) is 3.36. The lowest BCUT2D eigenvalue weighted by Crippen LogP contribution is -2.43. The van der Waals surface area contributed by atoms with E-state index in [0.29, 0.717) is 18.7 Å². The number of imidazole rings is 1. The van der Waals surface area contributed by atoms with Crippen LogP contribution in [0.1, 0.15) is 33.4 Å². The van der Waals surface area contributed by atoms with Gasteiger partial charge in [0.15, 0.2) is 0 Å². The molecular formula is C20H18ClN5O3. The van der Waals surface area contributed by atoms with E-state index in [-0.39, 0.29) is 22.7 Å². The quantitative estimate of drug-likeness (QED) is 0.643. The van der Waals surface area contributed by atoms with Crippen LogP contribution in [0.15, 0.2) is 49.1 Å². The summed E-state index contributed by atoms with van der Waals surface area (Å²) in [6.07, 6.45) is 5.68. The highest BCUT2D eigenvalue weighted by Gasteiger charge is 2.34. The fraction of sp³-hybridized carbons (Fsp3) is 0.200. The molecule has 0 spiro atoms. The number of urea groups is 1. The number of rotatable bonds is 3. The van der Waals surface area contributed by atoms with Gasteiger partial charge in [-0.25, -0.2) is 14.6 Å². The number of carbonyl (C=O) groups is 2. The molecule has 0 radical (unpaired) electrons. The number of esters is 1. The third kappa shape index (κ3) is 3.66. The Morgan fingerprint density at radius 1 is 1.28 bits per heavy atom. The van der Waals surface area contributed by atoms with E-state index in [1.165, 1.54) is 13.2 Å². The van der Waals surface area contributed by atoms with Crippen LogP contribution in [-0.4, -0.2) is 45.5 Å². The molecule has 3 heterocycles. The second-order valence-corrected chi connectivity index (χ2v) is 6.92. The van der Waals surface area contributed by atoms with Gasteiger partial charge in [-0.05, 0) is 35.9 Å². The summed E-state index contributed by atoms with van der Waals surface area (Å²) in [5.74, 6) is -0.570. The van der Waals surface area contributed by atoms with Crippen LogP contribution in [0.2, 0.25) is 5.02 Å². The number of hydrogen-bond donors (Lipinski definition) is 2. The number of aromatic nitrogens is 3. The lowest BCUT2D eigenvalue weighted by molar-refractivity contribution is 0.0601. The average molecular weight is 412 g/mol. The van der Waals surface area contributed by atoms with Crippen LogP contribution in [0.4, 0.5) is 10.5 Å². The number of H-pyrrole nitrogens is 1. The van der Waals surface area contributed by atoms with Crippen LogP contribution in [0, 0.1) is 0 Å². The van der Waals surface area contributed by atoms with Crippen LogP contribution in [0.25, 0.3) is 0 Å². The topological polar surface area (TPSA) is 100 Å². The highest BCUT2D eigenvalue weighted by atomic mass is 35.5. The molecule has 1 aliphatic heterocycles. The van der Waals surface area contributed by atoms with E-state index in [0.717, 1.165) is 17.0 Å². The highest BCUT2D eigenvalue weighted by Crippen LogP contribution is 2.33. The lowest BCUT2D eigenvalue weighted by atomic mass is 9.97. The van der Waals surface area contributed by atoms with Crippen molar-refractivity contribution in [3.8, 4) is 0 Å². The number of ether oxygens (including phenoxy) is 1. The van der Waals surface area contributed by atoms with Gasteiger partial charge in [-0.3, -0.25) is 4.98 Å². The van der Waals surface area contributed by atoms with Crippen molar-refractivity contribution in [3.63, 3.8) is 0 Å². The number of nitrogens with zero attached hydrogens (tertiary/aromatic N) is 3. The molecule has 4 rings (SSSR count). The van der Waals surface area contributed by atoms with Crippen molar-refractivity contribution < 1.29 is 14.3 Å². The first-order valence-electron chi connectivity index (χ1n) is 8.96. The zero-order chi connectivity index (χ0) is 20.4. The minimum atomic E-state index is -0.570. The molecule has 0 saturated carbocycles. The summed E-state index contributed by atoms with van der Waals surface area (Å²) >= 11 is 6.06. The summed E-state index contributed by atoms with van der Waals surface area (Å²) < 4.78 is 4.73. The van der Waals surface area contributed by atoms with Gasteiger partial charge in [0.1, 0.15) is 6.04 Å². The van der Waals surface area contributed by atoms with Crippen LogP contribution in [0.3, 0.4) is 0 Å². The Balaban J connectivity index is 1.63. The number of benzene rings is 1. The first kappa shape index (κ1) is 18.9. The Morgan fingerprint density at radius 2 is 2.07 bits per heavy atom. The monoisotopic (exact) mass is 411 g/mol. The number of fused-ring (bicyclic) bond motifs is 1. The maximum atomic E-state index is 13.1. The number of carbonyl (C=O) groups excluding carboxylic acids is 2. The Kier molecular flexibility index (Phi) is 5.18. The molecule has 0 aliphatic carbocycles. The Labute approximate surface area is 171 Å². The van der Waals surface area contributed by atoms with E-state index < -0.39 is 5.97 Å². The Hall–Kier alpha value is -3.39. The van der Waals surface area contributed by atoms with E-state index in [9.17, 15) is 9.59 Å². The maximum Gasteiger partial charge on any atom is 0.339 e. The SMILES string of the molecule is COC(=O)c1cc(NC(=O)N2CCc3[nH]cnc3[C@@H]2c2ccncc2)ccc1Cl. The van der Waals surface area contributed by atoms with Crippen molar-refractivity contribution in [1.82, 2.24) is 19.9 Å². The van der Waals surface area contributed by atoms with Gasteiger partial charge in [0.05, 0.1) is 29.7 Å². The van der Waals surface area contributed by atoms with Crippen LogP contribution < -0.4 is 5.32 Å². The molecule has 1 atom stereocenters. The Bertz CT molecular complexity index is 1050. The van der Waals surface area contributed by atoms with Gasteiger partial charge in [-0.1, -0.05) is 11.6 Å². The fourth-order valence-corrected chi connectivity index (χ4v) is 3.64. The smallest absolute Gasteiger partial charge is 0.339 e. The number of halogens is 1. The zero-order valence-electron chi connectivity index (χ0n) is 15.6. The predicted octanol–water partition coefficient (Wildman–Crippen LogP) is 3.42. The zero-order valence-corrected chi connectivity index (χ0v) is 16.3. The van der Waals surface area contributed by atoms with Crippen LogP contribution in [0.5, 0.6) is 0 Å². The summed E-state index contributed by atoms with van der Waals surface area (Å²) in [4.78, 5) is 38.4. The minimum absolute atomic E-state index is 0.186. The molecule has 148 valence electrons. The van der Waals surface area contributed by atoms with Crippen molar-refractivity contribution >= 4 is 29.3 Å². The fourth-order valence-electron chi connectivity index (χ4n) is 3.44. The molecule has 2 aromatic heterocycles. The molecule has 2 N–H and O–H groups in total. The molecule has 1 aliphatic rings. The van der Waals surface area contributed by atoms with E-state index in [1.807, 2.05) is 12.1 Å². The van der Waals surface area contributed by atoms with E-state index in [1.54, 1.807) is 35.8 Å². The van der Waals surface area contributed by atoms with Gasteiger partial charge in [0.25, 0.3) is 0 Å². The molecule has 29 heavy (non-hydrogen) atoms. The number of amides is 2. The van der Waals surface area contributed by atoms with Crippen molar-refractivity contribution in [2.75, 3.05) is 19.0 Å². The maximum absolute atomic E-state index is 13.1. The number of aromatic amines is 1. The molecule has 0 unspecified atom stereocenters. The average Bonchev–Trinajstić information content (AvgIpc) is 3.23. The normalized spacial score (nSPS) is 15.5. The molecule has 0 saturated heterocycles. The minimum Gasteiger partial charge on any atom is -0.465 e. The van der Waals surface area contributed by atoms with Crippen molar-refractivity contribution in [1.29, 1.82) is 0 Å². The Morgan fingerprint density at radius 3 is 2.83 bits per heavy atom. The first-order chi connectivity index (χ1) is 14.1. The van der Waals surface area contributed by atoms with E-state index in [2.05, 4.69) is 20.3 Å². The highest BCUT2D eigenvalue weighted by molar-refractivity contribution is 6.33. The molecule has 1 aromatic carbocycles. The number of hydrogen-bond acceptors (Lipinski definition) is 5. The van der Waals surface area contributed by atoms with Gasteiger partial charge in [0, 0.05) is 36.7 Å². The van der Waals surface area contributed by atoms with E-state index in [4.69, 9.17) is 16.3 Å². The number of methoxy groups -OCH3 is 1. The molecule has 9 heteroatoms. The number of anilines is 1. The van der Waals surface area contributed by atoms with Crippen LogP contribution in [-0.2, 0) is 11.2 Å². The summed E-state index contributed by atoms with van der Waals surface area (Å²) in [5, 5.41) is 3.10. The summed E-state index contributed by atoms with van der Waals surface area (Å²) in [6, 6.07) is 7.76. The lowest BCUT2D eigenvalue weighted by Gasteiger charge is -2.35. The van der Waals surface area contributed by atoms with Crippen molar-refractivity contribution in [2.24, 2.45) is 0 Å². The molecule has 3 aromatic rings.